The van der Waals surface area contributed by atoms with Crippen LogP contribution in [0.15, 0.2) is 38.3 Å². The average Bonchev–Trinajstić information content (AvgIpc) is 2.42. The molecule has 0 saturated heterocycles. The highest BCUT2D eigenvalue weighted by Gasteiger charge is 2.09. The molecule has 6 nitrogen and oxygen atoms in total. The number of ether oxygens (including phenoxy) is 1. The minimum absolute atomic E-state index is 0.101. The third-order valence-electron chi connectivity index (χ3n) is 2.68. The van der Waals surface area contributed by atoms with E-state index in [1.54, 1.807) is 19.2 Å². The van der Waals surface area contributed by atoms with E-state index in [2.05, 4.69) is 20.9 Å². The lowest BCUT2D eigenvalue weighted by atomic mass is 10.2. The molecule has 1 aromatic carbocycles. The summed E-state index contributed by atoms with van der Waals surface area (Å²) in [4.78, 5) is 25.2. The second-order valence-corrected chi connectivity index (χ2v) is 4.69. The zero-order valence-electron chi connectivity index (χ0n) is 10.1. The van der Waals surface area contributed by atoms with Gasteiger partial charge in [0.25, 0.3) is 5.56 Å². The summed E-state index contributed by atoms with van der Waals surface area (Å²) in [5, 5.41) is 0. The summed E-state index contributed by atoms with van der Waals surface area (Å²) in [5.41, 5.74) is 5.55. The van der Waals surface area contributed by atoms with E-state index in [4.69, 9.17) is 10.5 Å². The number of nitrogens with one attached hydrogen (secondary N) is 1. The Kier molecular flexibility index (Phi) is 3.75. The molecule has 3 N–H and O–H groups in total. The molecule has 7 heteroatoms. The fraction of sp³-hybridized carbons (Fsp3) is 0.167. The van der Waals surface area contributed by atoms with Crippen molar-refractivity contribution in [1.29, 1.82) is 0 Å². The first-order valence-corrected chi connectivity index (χ1v) is 6.23. The van der Waals surface area contributed by atoms with E-state index in [-0.39, 0.29) is 16.8 Å². The Morgan fingerprint density at radius 2 is 1.95 bits per heavy atom. The van der Waals surface area contributed by atoms with Gasteiger partial charge in [0.15, 0.2) is 0 Å². The van der Waals surface area contributed by atoms with Crippen molar-refractivity contribution in [3.8, 4) is 5.75 Å². The molecular formula is C12H12BrN3O3. The van der Waals surface area contributed by atoms with Crippen molar-refractivity contribution in [2.45, 2.75) is 6.54 Å². The molecule has 19 heavy (non-hydrogen) atoms. The van der Waals surface area contributed by atoms with Crippen LogP contribution in [-0.2, 0) is 6.54 Å². The van der Waals surface area contributed by atoms with E-state index in [1.165, 1.54) is 4.57 Å². The molecule has 0 amide bonds. The van der Waals surface area contributed by atoms with Crippen LogP contribution in [0.25, 0.3) is 0 Å². The fourth-order valence-corrected chi connectivity index (χ4v) is 1.95. The Morgan fingerprint density at radius 3 is 2.53 bits per heavy atom. The summed E-state index contributed by atoms with van der Waals surface area (Å²) in [6.45, 7) is 0.268. The third kappa shape index (κ3) is 2.70. The highest BCUT2D eigenvalue weighted by Crippen LogP contribution is 2.15. The van der Waals surface area contributed by atoms with Crippen LogP contribution in [0.1, 0.15) is 5.56 Å². The molecule has 1 aromatic heterocycles. The van der Waals surface area contributed by atoms with Gasteiger partial charge >= 0.3 is 5.69 Å². The normalized spacial score (nSPS) is 10.4. The number of aromatic nitrogens is 2. The zero-order chi connectivity index (χ0) is 14.0. The molecule has 2 rings (SSSR count). The van der Waals surface area contributed by atoms with Gasteiger partial charge in [0, 0.05) is 0 Å². The molecule has 0 aliphatic heterocycles. The van der Waals surface area contributed by atoms with Gasteiger partial charge in [-0.05, 0) is 33.6 Å². The predicted octanol–water partition coefficient (Wildman–Crippen LogP) is 0.938. The summed E-state index contributed by atoms with van der Waals surface area (Å²) in [6, 6.07) is 7.22. The van der Waals surface area contributed by atoms with E-state index in [1.807, 2.05) is 12.1 Å². The number of nitrogens with two attached hydrogens (primary N) is 1. The Morgan fingerprint density at radius 1 is 1.32 bits per heavy atom. The molecular weight excluding hydrogens is 314 g/mol. The van der Waals surface area contributed by atoms with Crippen LogP contribution in [0.5, 0.6) is 5.75 Å². The molecule has 0 spiro atoms. The number of anilines is 1. The van der Waals surface area contributed by atoms with Crippen LogP contribution in [0, 0.1) is 0 Å². The minimum atomic E-state index is -0.540. The fourth-order valence-electron chi connectivity index (χ4n) is 1.63. The van der Waals surface area contributed by atoms with Crippen molar-refractivity contribution in [2.75, 3.05) is 12.8 Å². The van der Waals surface area contributed by atoms with Crippen LogP contribution in [0.2, 0.25) is 0 Å². The molecule has 0 radical (unpaired) electrons. The summed E-state index contributed by atoms with van der Waals surface area (Å²) >= 11 is 3.05. The number of hydrogen-bond donors (Lipinski definition) is 2. The van der Waals surface area contributed by atoms with Crippen molar-refractivity contribution >= 4 is 21.7 Å². The number of nitrogens with zero attached hydrogens (tertiary/aromatic N) is 1. The summed E-state index contributed by atoms with van der Waals surface area (Å²) in [5.74, 6) is 0.830. The van der Waals surface area contributed by atoms with Crippen molar-refractivity contribution < 1.29 is 4.74 Å². The molecule has 1 heterocycles. The molecule has 0 aliphatic carbocycles. The number of H-pyrrole nitrogens is 1. The van der Waals surface area contributed by atoms with Crippen molar-refractivity contribution in [3.63, 3.8) is 0 Å². The Hall–Kier alpha value is -2.02. The Labute approximate surface area is 117 Å². The lowest BCUT2D eigenvalue weighted by Gasteiger charge is -2.10. The summed E-state index contributed by atoms with van der Waals surface area (Å²) < 4.78 is 6.49. The van der Waals surface area contributed by atoms with Gasteiger partial charge in [-0.2, -0.15) is 0 Å². The van der Waals surface area contributed by atoms with E-state index < -0.39 is 11.2 Å². The van der Waals surface area contributed by atoms with Crippen LogP contribution in [0.4, 0.5) is 5.82 Å². The van der Waals surface area contributed by atoms with Crippen LogP contribution in [0.3, 0.4) is 0 Å². The van der Waals surface area contributed by atoms with Crippen LogP contribution in [-0.4, -0.2) is 16.7 Å². The number of halogens is 1. The van der Waals surface area contributed by atoms with E-state index in [9.17, 15) is 9.59 Å². The second-order valence-electron chi connectivity index (χ2n) is 3.89. The highest BCUT2D eigenvalue weighted by molar-refractivity contribution is 9.10. The standard InChI is InChI=1S/C12H12BrN3O3/c1-19-8-4-2-7(3-5-8)6-16-10(14)9(13)11(17)15-12(16)18/h2-5H,6,14H2,1H3,(H,15,17,18). The van der Waals surface area contributed by atoms with E-state index in [0.717, 1.165) is 11.3 Å². The molecule has 0 saturated carbocycles. The number of nitrogen functional groups attached to an aromatic ring is 1. The van der Waals surface area contributed by atoms with Gasteiger partial charge in [-0.1, -0.05) is 12.1 Å². The first-order chi connectivity index (χ1) is 9.02. The SMILES string of the molecule is COc1ccc(Cn2c(N)c(Br)c(=O)[nH]c2=O)cc1. The smallest absolute Gasteiger partial charge is 0.330 e. The van der Waals surface area contributed by atoms with E-state index >= 15 is 0 Å². The first kappa shape index (κ1) is 13.4. The van der Waals surface area contributed by atoms with Gasteiger partial charge in [-0.15, -0.1) is 0 Å². The Bertz CT molecular complexity index is 704. The largest absolute Gasteiger partial charge is 0.497 e. The van der Waals surface area contributed by atoms with Gasteiger partial charge in [-0.25, -0.2) is 4.79 Å². The van der Waals surface area contributed by atoms with Gasteiger partial charge < -0.3 is 10.5 Å². The highest BCUT2D eigenvalue weighted by atomic mass is 79.9. The minimum Gasteiger partial charge on any atom is -0.497 e. The van der Waals surface area contributed by atoms with Crippen molar-refractivity contribution in [2.24, 2.45) is 0 Å². The van der Waals surface area contributed by atoms with Crippen LogP contribution >= 0.6 is 15.9 Å². The van der Waals surface area contributed by atoms with Gasteiger partial charge in [0.1, 0.15) is 16.0 Å². The maximum Gasteiger partial charge on any atom is 0.330 e. The maximum absolute atomic E-state index is 11.7. The lowest BCUT2D eigenvalue weighted by molar-refractivity contribution is 0.414. The molecule has 0 atom stereocenters. The molecule has 100 valence electrons. The third-order valence-corrected chi connectivity index (χ3v) is 3.45. The molecule has 2 aromatic rings. The molecule has 0 unspecified atom stereocenters. The zero-order valence-corrected chi connectivity index (χ0v) is 11.7. The number of aromatic amines is 1. The summed E-state index contributed by atoms with van der Waals surface area (Å²) in [6.07, 6.45) is 0. The number of rotatable bonds is 3. The van der Waals surface area contributed by atoms with Gasteiger partial charge in [0.05, 0.1) is 13.7 Å². The van der Waals surface area contributed by atoms with E-state index in [0.29, 0.717) is 0 Å². The predicted molar refractivity (Wildman–Crippen MR) is 75.5 cm³/mol. The van der Waals surface area contributed by atoms with Crippen molar-refractivity contribution in [3.05, 3.63) is 55.1 Å². The molecule has 0 bridgehead atoms. The Balaban J connectivity index is 2.40. The van der Waals surface area contributed by atoms with Gasteiger partial charge in [-0.3, -0.25) is 14.3 Å². The van der Waals surface area contributed by atoms with Crippen molar-refractivity contribution in [1.82, 2.24) is 9.55 Å². The lowest BCUT2D eigenvalue weighted by Crippen LogP contribution is -2.32. The average molecular weight is 326 g/mol. The monoisotopic (exact) mass is 325 g/mol. The maximum atomic E-state index is 11.7. The number of hydrogen-bond acceptors (Lipinski definition) is 4. The molecule has 0 fully saturated rings. The number of methoxy groups -OCH3 is 1. The second kappa shape index (κ2) is 5.31. The first-order valence-electron chi connectivity index (χ1n) is 5.44. The molecule has 0 aliphatic rings. The summed E-state index contributed by atoms with van der Waals surface area (Å²) in [7, 11) is 1.58. The van der Waals surface area contributed by atoms with Crippen LogP contribution < -0.4 is 21.7 Å². The van der Waals surface area contributed by atoms with Gasteiger partial charge in [0.2, 0.25) is 0 Å². The topological polar surface area (TPSA) is 90.1 Å². The quantitative estimate of drug-likeness (QED) is 0.878. The number of benzene rings is 1.